The van der Waals surface area contributed by atoms with E-state index in [1.807, 2.05) is 30.3 Å². The predicted octanol–water partition coefficient (Wildman–Crippen LogP) is 2.06. The van der Waals surface area contributed by atoms with Gasteiger partial charge in [0.1, 0.15) is 12.2 Å². The van der Waals surface area contributed by atoms with Crippen LogP contribution >= 0.6 is 0 Å². The maximum absolute atomic E-state index is 11.8. The van der Waals surface area contributed by atoms with Crippen LogP contribution in [0.15, 0.2) is 62.1 Å². The molecule has 1 aromatic heterocycles. The van der Waals surface area contributed by atoms with Crippen molar-refractivity contribution in [3.63, 3.8) is 0 Å². The first-order valence-corrected chi connectivity index (χ1v) is 5.76. The van der Waals surface area contributed by atoms with Crippen molar-refractivity contribution in [3.8, 4) is 11.3 Å². The van der Waals surface area contributed by atoms with Gasteiger partial charge in [0.2, 0.25) is 0 Å². The van der Waals surface area contributed by atoms with Crippen molar-refractivity contribution in [2.45, 2.75) is 6.54 Å². The summed E-state index contributed by atoms with van der Waals surface area (Å²) in [4.78, 5) is 13.1. The first-order valence-electron chi connectivity index (χ1n) is 5.76. The van der Waals surface area contributed by atoms with Gasteiger partial charge in [0, 0.05) is 18.0 Å². The number of carbonyl (C=O) groups excluding carboxylic acids is 1. The molecule has 1 amide bonds. The first kappa shape index (κ1) is 12.8. The Morgan fingerprint density at radius 3 is 2.58 bits per heavy atom. The summed E-state index contributed by atoms with van der Waals surface area (Å²) in [6.45, 7) is 7.17. The van der Waals surface area contributed by atoms with E-state index in [1.165, 1.54) is 22.0 Å². The van der Waals surface area contributed by atoms with Crippen LogP contribution in [0.25, 0.3) is 11.3 Å². The molecule has 0 aliphatic carbocycles. The molecule has 5 heteroatoms. The highest BCUT2D eigenvalue weighted by molar-refractivity contribution is 5.78. The molecule has 0 bridgehead atoms. The van der Waals surface area contributed by atoms with Crippen LogP contribution in [0, 0.1) is 0 Å². The van der Waals surface area contributed by atoms with Gasteiger partial charge in [-0.1, -0.05) is 48.7 Å². The van der Waals surface area contributed by atoms with Crippen molar-refractivity contribution in [2.75, 3.05) is 0 Å². The zero-order chi connectivity index (χ0) is 13.7. The summed E-state index contributed by atoms with van der Waals surface area (Å²) in [6, 6.07) is 9.67. The highest BCUT2D eigenvalue weighted by Gasteiger charge is 2.10. The molecule has 0 aliphatic rings. The van der Waals surface area contributed by atoms with Gasteiger partial charge in [-0.05, 0) is 0 Å². The molecule has 2 aromatic rings. The van der Waals surface area contributed by atoms with Crippen molar-refractivity contribution in [1.29, 1.82) is 0 Å². The summed E-state index contributed by atoms with van der Waals surface area (Å²) >= 11 is 0. The lowest BCUT2D eigenvalue weighted by atomic mass is 10.2. The van der Waals surface area contributed by atoms with E-state index in [9.17, 15) is 4.79 Å². The molecule has 2 rings (SSSR count). The van der Waals surface area contributed by atoms with Crippen molar-refractivity contribution in [1.82, 2.24) is 19.9 Å². The van der Waals surface area contributed by atoms with E-state index in [4.69, 9.17) is 0 Å². The summed E-state index contributed by atoms with van der Waals surface area (Å²) in [5.74, 6) is -0.172. The molecule has 1 aromatic carbocycles. The Morgan fingerprint density at radius 2 is 1.95 bits per heavy atom. The third-order valence-corrected chi connectivity index (χ3v) is 2.59. The minimum atomic E-state index is -0.172. The van der Waals surface area contributed by atoms with E-state index in [0.29, 0.717) is 0 Å². The van der Waals surface area contributed by atoms with Gasteiger partial charge in [0.05, 0.1) is 6.20 Å². The number of hydrogen-bond donors (Lipinski definition) is 0. The molecular weight excluding hydrogens is 240 g/mol. The number of benzene rings is 1. The van der Waals surface area contributed by atoms with E-state index in [1.54, 1.807) is 6.20 Å². The Hall–Kier alpha value is -2.69. The molecule has 0 radical (unpaired) electrons. The summed E-state index contributed by atoms with van der Waals surface area (Å²) in [6.07, 6.45) is 4.55. The number of nitrogens with zero attached hydrogens (tertiary/aromatic N) is 4. The highest BCUT2D eigenvalue weighted by atomic mass is 16.2. The van der Waals surface area contributed by atoms with E-state index < -0.39 is 0 Å². The van der Waals surface area contributed by atoms with Crippen molar-refractivity contribution in [2.24, 2.45) is 0 Å². The third-order valence-electron chi connectivity index (χ3n) is 2.59. The van der Waals surface area contributed by atoms with Crippen LogP contribution in [0.3, 0.4) is 0 Å². The number of aromatic nitrogens is 3. The van der Waals surface area contributed by atoms with Crippen LogP contribution in [0.1, 0.15) is 0 Å². The van der Waals surface area contributed by atoms with Crippen LogP contribution in [0.2, 0.25) is 0 Å². The Bertz CT molecular complexity index is 581. The molecule has 0 unspecified atom stereocenters. The van der Waals surface area contributed by atoms with Crippen LogP contribution < -0.4 is 0 Å². The second-order valence-electron chi connectivity index (χ2n) is 3.83. The summed E-state index contributed by atoms with van der Waals surface area (Å²) in [7, 11) is 0. The van der Waals surface area contributed by atoms with Crippen molar-refractivity contribution in [3.05, 3.63) is 62.1 Å². The second-order valence-corrected chi connectivity index (χ2v) is 3.83. The Labute approximate surface area is 111 Å². The summed E-state index contributed by atoms with van der Waals surface area (Å²) in [5, 5.41) is 7.98. The zero-order valence-electron chi connectivity index (χ0n) is 10.4. The Morgan fingerprint density at radius 1 is 1.26 bits per heavy atom. The molecule has 0 saturated heterocycles. The monoisotopic (exact) mass is 254 g/mol. The van der Waals surface area contributed by atoms with Gasteiger partial charge in [-0.15, -0.1) is 5.10 Å². The predicted molar refractivity (Wildman–Crippen MR) is 72.7 cm³/mol. The van der Waals surface area contributed by atoms with Crippen molar-refractivity contribution >= 4 is 5.91 Å². The van der Waals surface area contributed by atoms with Gasteiger partial charge in [-0.25, -0.2) is 4.68 Å². The number of hydrogen-bond acceptors (Lipinski definition) is 3. The molecule has 5 nitrogen and oxygen atoms in total. The SMILES string of the molecule is C=CN(C=C)C(=O)Cn1cc(-c2ccccc2)nn1. The smallest absolute Gasteiger partial charge is 0.252 e. The number of rotatable bonds is 5. The van der Waals surface area contributed by atoms with Crippen molar-refractivity contribution < 1.29 is 4.79 Å². The third kappa shape index (κ3) is 2.95. The van der Waals surface area contributed by atoms with Gasteiger partial charge in [-0.3, -0.25) is 9.69 Å². The molecule has 0 aliphatic heterocycles. The lowest BCUT2D eigenvalue weighted by Gasteiger charge is -2.11. The molecule has 0 N–H and O–H groups in total. The quantitative estimate of drug-likeness (QED) is 0.820. The number of carbonyl (C=O) groups is 1. The molecule has 96 valence electrons. The van der Waals surface area contributed by atoms with E-state index in [-0.39, 0.29) is 12.5 Å². The van der Waals surface area contributed by atoms with Crippen LogP contribution in [-0.2, 0) is 11.3 Å². The van der Waals surface area contributed by atoms with Gasteiger partial charge in [-0.2, -0.15) is 0 Å². The lowest BCUT2D eigenvalue weighted by molar-refractivity contribution is -0.127. The average molecular weight is 254 g/mol. The fourth-order valence-electron chi connectivity index (χ4n) is 1.62. The minimum Gasteiger partial charge on any atom is -0.294 e. The van der Waals surface area contributed by atoms with E-state index in [2.05, 4.69) is 23.5 Å². The molecule has 0 saturated carbocycles. The summed E-state index contributed by atoms with van der Waals surface area (Å²) in [5.41, 5.74) is 1.70. The molecule has 0 atom stereocenters. The largest absolute Gasteiger partial charge is 0.294 e. The highest BCUT2D eigenvalue weighted by Crippen LogP contribution is 2.14. The molecule has 0 fully saturated rings. The minimum absolute atomic E-state index is 0.0951. The van der Waals surface area contributed by atoms with Crippen LogP contribution in [0.5, 0.6) is 0 Å². The average Bonchev–Trinajstić information content (AvgIpc) is 2.89. The van der Waals surface area contributed by atoms with Gasteiger partial charge in [0.25, 0.3) is 5.91 Å². The first-order chi connectivity index (χ1) is 9.24. The topological polar surface area (TPSA) is 51.0 Å². The standard InChI is InChI=1S/C14H14N4O/c1-3-17(4-2)14(19)11-18-10-13(15-16-18)12-8-6-5-7-9-12/h3-10H,1-2,11H2. The Balaban J connectivity index is 2.12. The fourth-order valence-corrected chi connectivity index (χ4v) is 1.62. The molecule has 1 heterocycles. The maximum Gasteiger partial charge on any atom is 0.252 e. The maximum atomic E-state index is 11.8. The fraction of sp³-hybridized carbons (Fsp3) is 0.0714. The number of amides is 1. The molecular formula is C14H14N4O. The normalized spacial score (nSPS) is 9.89. The van der Waals surface area contributed by atoms with Crippen LogP contribution in [0.4, 0.5) is 0 Å². The Kier molecular flexibility index (Phi) is 3.87. The summed E-state index contributed by atoms with van der Waals surface area (Å²) < 4.78 is 1.49. The second kappa shape index (κ2) is 5.77. The van der Waals surface area contributed by atoms with Gasteiger partial charge >= 0.3 is 0 Å². The lowest BCUT2D eigenvalue weighted by Crippen LogP contribution is -2.24. The van der Waals surface area contributed by atoms with Gasteiger partial charge < -0.3 is 0 Å². The van der Waals surface area contributed by atoms with Gasteiger partial charge in [0.15, 0.2) is 0 Å². The van der Waals surface area contributed by atoms with E-state index in [0.717, 1.165) is 11.3 Å². The molecule has 0 spiro atoms. The van der Waals surface area contributed by atoms with E-state index >= 15 is 0 Å². The molecule has 19 heavy (non-hydrogen) atoms. The zero-order valence-corrected chi connectivity index (χ0v) is 10.4. The van der Waals surface area contributed by atoms with Crippen LogP contribution in [-0.4, -0.2) is 25.8 Å².